The number of furan rings is 1. The quantitative estimate of drug-likeness (QED) is 0.176. The average Bonchev–Trinajstić information content (AvgIpc) is 4.02. The van der Waals surface area contributed by atoms with Crippen LogP contribution in [0.25, 0.3) is 55.5 Å². The maximum Gasteiger partial charge on any atom is 0.178 e. The molecule has 66 heavy (non-hydrogen) atoms. The van der Waals surface area contributed by atoms with Gasteiger partial charge in [0.15, 0.2) is 11.5 Å². The molecule has 0 amide bonds. The van der Waals surface area contributed by atoms with Crippen LogP contribution in [-0.4, -0.2) is 0 Å². The van der Waals surface area contributed by atoms with Crippen LogP contribution in [0.4, 0.5) is 17.1 Å². The Labute approximate surface area is 385 Å². The van der Waals surface area contributed by atoms with Crippen molar-refractivity contribution in [1.82, 2.24) is 0 Å². The second-order valence-electron chi connectivity index (χ2n) is 19.6. The van der Waals surface area contributed by atoms with Crippen molar-refractivity contribution in [1.29, 1.82) is 0 Å². The van der Waals surface area contributed by atoms with E-state index in [1.54, 1.807) is 0 Å². The first-order chi connectivity index (χ1) is 32.2. The number of fused-ring (bicyclic) bond motifs is 17. The Kier molecular flexibility index (Phi) is 7.45. The standard InChI is InChI=1S/C63H45NO2/c1-61(2)50-19-9-5-15-43(50)46-32-27-39(35-55(46)61)38-25-28-40(29-26-38)64(42-30-33-47-44-16-6-10-20-51(44)62(3,4)56(47)37-42)41-31-34-53-49(36-41)45-17-7-11-21-52(45)63(53)54-22-12-14-24-58(54)65-59-48-18-8-13-23-57(48)66-60(59)63/h5-37H,1-4H3. The van der Waals surface area contributed by atoms with Crippen molar-refractivity contribution in [2.75, 3.05) is 4.90 Å². The molecule has 0 radical (unpaired) electrons. The number of hydrogen-bond acceptors (Lipinski definition) is 3. The third-order valence-corrected chi connectivity index (χ3v) is 15.5. The van der Waals surface area contributed by atoms with Crippen LogP contribution in [0, 0.1) is 0 Å². The molecule has 0 saturated heterocycles. The molecule has 1 unspecified atom stereocenters. The lowest BCUT2D eigenvalue weighted by Crippen LogP contribution is -2.31. The Morgan fingerprint density at radius 3 is 1.59 bits per heavy atom. The van der Waals surface area contributed by atoms with Crippen LogP contribution in [0.2, 0.25) is 0 Å². The largest absolute Gasteiger partial charge is 0.455 e. The molecular weight excluding hydrogens is 803 g/mol. The summed E-state index contributed by atoms with van der Waals surface area (Å²) in [6.07, 6.45) is 0. The molecule has 0 saturated carbocycles. The van der Waals surface area contributed by atoms with Crippen LogP contribution >= 0.6 is 0 Å². The molecule has 1 aliphatic heterocycles. The fourth-order valence-corrected chi connectivity index (χ4v) is 12.4. The Morgan fingerprint density at radius 2 is 0.864 bits per heavy atom. The Bertz CT molecular complexity index is 3700. The molecule has 10 aromatic rings. The van der Waals surface area contributed by atoms with E-state index in [2.05, 4.69) is 221 Å². The van der Waals surface area contributed by atoms with Crippen molar-refractivity contribution in [2.24, 2.45) is 0 Å². The van der Waals surface area contributed by atoms with Crippen LogP contribution in [0.1, 0.15) is 72.4 Å². The van der Waals surface area contributed by atoms with Crippen molar-refractivity contribution in [3.63, 3.8) is 0 Å². The van der Waals surface area contributed by atoms with Gasteiger partial charge in [-0.25, -0.2) is 0 Å². The number of para-hydroxylation sites is 2. The molecule has 9 aromatic carbocycles. The molecule has 3 heteroatoms. The second-order valence-corrected chi connectivity index (χ2v) is 19.6. The van der Waals surface area contributed by atoms with Gasteiger partial charge in [-0.2, -0.15) is 0 Å². The van der Waals surface area contributed by atoms with Gasteiger partial charge in [0.1, 0.15) is 16.7 Å². The number of anilines is 3. The van der Waals surface area contributed by atoms with E-state index in [0.717, 1.165) is 50.9 Å². The molecule has 1 spiro atoms. The zero-order valence-electron chi connectivity index (χ0n) is 37.3. The van der Waals surface area contributed by atoms with Crippen LogP contribution in [0.3, 0.4) is 0 Å². The van der Waals surface area contributed by atoms with E-state index in [9.17, 15) is 0 Å². The Morgan fingerprint density at radius 1 is 0.364 bits per heavy atom. The fraction of sp³-hybridized carbons (Fsp3) is 0.111. The topological polar surface area (TPSA) is 25.6 Å². The molecular formula is C63H45NO2. The number of benzene rings is 9. The van der Waals surface area contributed by atoms with Gasteiger partial charge < -0.3 is 14.1 Å². The van der Waals surface area contributed by atoms with Gasteiger partial charge in [-0.3, -0.25) is 0 Å². The highest BCUT2D eigenvalue weighted by Gasteiger charge is 2.54. The van der Waals surface area contributed by atoms with Gasteiger partial charge in [0, 0.05) is 33.5 Å². The minimum Gasteiger partial charge on any atom is -0.455 e. The summed E-state index contributed by atoms with van der Waals surface area (Å²) in [5.74, 6) is 2.47. The predicted molar refractivity (Wildman–Crippen MR) is 269 cm³/mol. The summed E-state index contributed by atoms with van der Waals surface area (Å²) in [7, 11) is 0. The molecule has 14 rings (SSSR count). The normalized spacial score (nSPS) is 16.9. The molecule has 3 nitrogen and oxygen atoms in total. The summed E-state index contributed by atoms with van der Waals surface area (Å²) in [5.41, 5.74) is 22.3. The van der Waals surface area contributed by atoms with Crippen molar-refractivity contribution < 1.29 is 9.15 Å². The Hall–Kier alpha value is -7.88. The van der Waals surface area contributed by atoms with Gasteiger partial charge in [0.05, 0.1) is 5.39 Å². The monoisotopic (exact) mass is 847 g/mol. The van der Waals surface area contributed by atoms with Gasteiger partial charge >= 0.3 is 0 Å². The van der Waals surface area contributed by atoms with Gasteiger partial charge in [0.2, 0.25) is 0 Å². The minimum absolute atomic E-state index is 0.0663. The lowest BCUT2D eigenvalue weighted by atomic mass is 9.69. The Balaban J connectivity index is 0.954. The van der Waals surface area contributed by atoms with Crippen LogP contribution < -0.4 is 9.64 Å². The lowest BCUT2D eigenvalue weighted by Gasteiger charge is -2.36. The molecule has 1 atom stereocenters. The average molecular weight is 848 g/mol. The number of hydrogen-bond donors (Lipinski definition) is 0. The minimum atomic E-state index is -0.713. The first kappa shape index (κ1) is 37.5. The summed E-state index contributed by atoms with van der Waals surface area (Å²) < 4.78 is 13.8. The van der Waals surface area contributed by atoms with E-state index in [1.165, 1.54) is 77.9 Å². The van der Waals surface area contributed by atoms with E-state index >= 15 is 0 Å². The predicted octanol–water partition coefficient (Wildman–Crippen LogP) is 16.7. The van der Waals surface area contributed by atoms with Crippen molar-refractivity contribution in [2.45, 2.75) is 43.9 Å². The summed E-state index contributed by atoms with van der Waals surface area (Å²) in [6.45, 7) is 9.43. The molecule has 0 fully saturated rings. The highest BCUT2D eigenvalue weighted by atomic mass is 16.5. The van der Waals surface area contributed by atoms with E-state index < -0.39 is 5.41 Å². The van der Waals surface area contributed by atoms with Crippen LogP contribution in [-0.2, 0) is 16.2 Å². The van der Waals surface area contributed by atoms with Gasteiger partial charge in [-0.05, 0) is 139 Å². The van der Waals surface area contributed by atoms with Gasteiger partial charge in [0.25, 0.3) is 0 Å². The number of rotatable bonds is 4. The third kappa shape index (κ3) is 4.82. The highest BCUT2D eigenvalue weighted by molar-refractivity contribution is 5.96. The summed E-state index contributed by atoms with van der Waals surface area (Å²) in [5, 5.41) is 0.980. The number of ether oxygens (including phenoxy) is 1. The summed E-state index contributed by atoms with van der Waals surface area (Å²) in [4.78, 5) is 2.45. The smallest absolute Gasteiger partial charge is 0.178 e. The summed E-state index contributed by atoms with van der Waals surface area (Å²) >= 11 is 0. The lowest BCUT2D eigenvalue weighted by molar-refractivity contribution is 0.389. The summed E-state index contributed by atoms with van der Waals surface area (Å²) in [6, 6.07) is 73.7. The first-order valence-electron chi connectivity index (χ1n) is 23.2. The molecule has 4 aliphatic rings. The zero-order chi connectivity index (χ0) is 44.1. The zero-order valence-corrected chi connectivity index (χ0v) is 37.3. The van der Waals surface area contributed by atoms with Crippen molar-refractivity contribution >= 4 is 28.0 Å². The van der Waals surface area contributed by atoms with E-state index in [4.69, 9.17) is 9.15 Å². The van der Waals surface area contributed by atoms with Gasteiger partial charge in [-0.1, -0.05) is 167 Å². The van der Waals surface area contributed by atoms with Crippen molar-refractivity contribution in [3.05, 3.63) is 245 Å². The van der Waals surface area contributed by atoms with E-state index in [0.29, 0.717) is 0 Å². The molecule has 0 N–H and O–H groups in total. The maximum absolute atomic E-state index is 6.97. The number of nitrogens with zero attached hydrogens (tertiary/aromatic N) is 1. The molecule has 3 aliphatic carbocycles. The highest BCUT2D eigenvalue weighted by Crippen LogP contribution is 2.64. The molecule has 0 bridgehead atoms. The molecule has 2 heterocycles. The van der Waals surface area contributed by atoms with Crippen molar-refractivity contribution in [3.8, 4) is 56.0 Å². The third-order valence-electron chi connectivity index (χ3n) is 15.5. The van der Waals surface area contributed by atoms with E-state index in [-0.39, 0.29) is 10.8 Å². The van der Waals surface area contributed by atoms with Crippen LogP contribution in [0.15, 0.2) is 205 Å². The fourth-order valence-electron chi connectivity index (χ4n) is 12.4. The second kappa shape index (κ2) is 13.1. The van der Waals surface area contributed by atoms with Crippen LogP contribution in [0.5, 0.6) is 11.5 Å². The van der Waals surface area contributed by atoms with Gasteiger partial charge in [-0.15, -0.1) is 0 Å². The SMILES string of the molecule is CC1(C)c2ccccc2-c2ccc(-c3ccc(N(c4ccc5c(c4)-c4ccccc4C54c5ccccc5Oc5c4oc4ccccc54)c4ccc5c(c4)C(C)(C)c4ccccc4-5)cc3)cc21. The maximum atomic E-state index is 6.97. The first-order valence-corrected chi connectivity index (χ1v) is 23.2. The molecule has 314 valence electrons. The van der Waals surface area contributed by atoms with E-state index in [1.807, 2.05) is 12.1 Å². The molecule has 1 aromatic heterocycles.